The number of nitrogens with zero attached hydrogens (tertiary/aromatic N) is 3. The van der Waals surface area contributed by atoms with E-state index in [1.54, 1.807) is 0 Å². The number of nitrogens with one attached hydrogen (secondary N) is 6. The zero-order valence-corrected chi connectivity index (χ0v) is 40.0. The quantitative estimate of drug-likeness (QED) is 0.0200. The van der Waals surface area contributed by atoms with Gasteiger partial charge in [0.1, 0.15) is 30.2 Å². The van der Waals surface area contributed by atoms with Crippen LogP contribution in [0.3, 0.4) is 0 Å². The molecule has 5 atom stereocenters. The maximum atomic E-state index is 14.1. The molecule has 71 heavy (non-hydrogen) atoms. The number of hydrogen-bond acceptors (Lipinski definition) is 17. The summed E-state index contributed by atoms with van der Waals surface area (Å²) >= 11 is 0. The van der Waals surface area contributed by atoms with Crippen LogP contribution < -0.4 is 31.9 Å². The van der Waals surface area contributed by atoms with Gasteiger partial charge in [0.05, 0.1) is 39.0 Å². The van der Waals surface area contributed by atoms with Crippen molar-refractivity contribution in [1.82, 2.24) is 47.1 Å². The number of aliphatic hydroxyl groups is 2. The molecule has 1 heterocycles. The van der Waals surface area contributed by atoms with Gasteiger partial charge in [0.2, 0.25) is 35.4 Å². The molecule has 29 nitrogen and oxygen atoms in total. The third kappa shape index (κ3) is 25.6. The second kappa shape index (κ2) is 32.9. The van der Waals surface area contributed by atoms with E-state index in [1.165, 1.54) is 20.8 Å². The maximum Gasteiger partial charge on any atom is 0.307 e. The predicted molar refractivity (Wildman–Crippen MR) is 233 cm³/mol. The van der Waals surface area contributed by atoms with Gasteiger partial charge in [0.15, 0.2) is 0 Å². The zero-order valence-electron chi connectivity index (χ0n) is 38.9. The van der Waals surface area contributed by atoms with Crippen LogP contribution in [0.2, 0.25) is 0 Å². The number of hydrogen-bond donors (Lipinski definition) is 14. The summed E-state index contributed by atoms with van der Waals surface area (Å²) in [6.07, 6.45) is -1.29. The molecule has 0 bridgehead atoms. The molecule has 5 unspecified atom stereocenters. The summed E-state index contributed by atoms with van der Waals surface area (Å²) < 4.78 is 0. The Morgan fingerprint density at radius 2 is 0.746 bits per heavy atom. The van der Waals surface area contributed by atoms with E-state index < -0.39 is 179 Å². The van der Waals surface area contributed by atoms with E-state index in [0.717, 1.165) is 18.2 Å². The van der Waals surface area contributed by atoms with E-state index in [1.807, 2.05) is 0 Å². The smallest absolute Gasteiger partial charge is 0.307 e. The molecule has 0 aliphatic carbocycles. The van der Waals surface area contributed by atoms with Crippen molar-refractivity contribution < 1.29 is 116 Å². The summed E-state index contributed by atoms with van der Waals surface area (Å²) in [6.45, 7) is -0.721. The Balaban J connectivity index is 0.0000490. The van der Waals surface area contributed by atoms with Crippen molar-refractivity contribution >= 4 is 71.1 Å². The van der Waals surface area contributed by atoms with Gasteiger partial charge in [0, 0.05) is 54.9 Å². The van der Waals surface area contributed by atoms with Gasteiger partial charge >= 0.3 is 17.9 Å². The minimum Gasteiger partial charge on any atom is -0.481 e. The Morgan fingerprint density at radius 1 is 0.479 bits per heavy atom. The average Bonchev–Trinajstić information content (AvgIpc) is 3.26. The fourth-order valence-electron chi connectivity index (χ4n) is 6.21. The minimum absolute atomic E-state index is 0. The summed E-state index contributed by atoms with van der Waals surface area (Å²) in [6, 6.07) is -8.76. The summed E-state index contributed by atoms with van der Waals surface area (Å²) in [5.41, 5.74) is 0.211. The fourth-order valence-corrected chi connectivity index (χ4v) is 6.21. The van der Waals surface area contributed by atoms with Crippen molar-refractivity contribution in [2.24, 2.45) is 0 Å². The van der Waals surface area contributed by atoms with Gasteiger partial charge in [-0.2, -0.15) is 0 Å². The molecule has 1 aliphatic heterocycles. The topological polar surface area (TPSA) is 449 Å². The minimum atomic E-state index is -1.86. The Kier molecular flexibility index (Phi) is 29.7. The average molecular weight is 1060 g/mol. The predicted octanol–water partition coefficient (Wildman–Crippen LogP) is -4.22. The number of amides is 9. The largest absolute Gasteiger partial charge is 0.481 e. The van der Waals surface area contributed by atoms with Gasteiger partial charge in [-0.25, -0.2) is 15.2 Å². The number of rotatable bonds is 23. The molecule has 1 aliphatic rings. The monoisotopic (exact) mass is 1060 g/mol. The van der Waals surface area contributed by atoms with Crippen LogP contribution in [0.15, 0.2) is 34.9 Å². The Hall–Kier alpha value is -6.82. The van der Waals surface area contributed by atoms with E-state index in [2.05, 4.69) is 31.9 Å². The van der Waals surface area contributed by atoms with Crippen molar-refractivity contribution in [3.05, 3.63) is 34.9 Å². The number of carbonyl (C=O) groups excluding carboxylic acids is 9. The number of carboxylic acids is 3. The molecule has 14 N–H and O–H groups in total. The van der Waals surface area contributed by atoms with E-state index >= 15 is 0 Å². The standard InChI is InChI=1S/C41H61N9O20.Fe/c1-22(16-34(57)58)13-31(54)48(68)10-4-7-25-38(64)44-26(8-5-11-49(69)32(55)14-23(2)17-35(59)60)39(65)45-27(9-6-12-50(70)33(56)15-24(3)18-36(61)62)40(66)47-29(21-52)41(67)46-28(20-51)37(63)42-19-30(53)43-25;/h13-15,25-29,51-52,68-70H,4-12,16-21H2,1-3H3,(H,42,63)(H,43,53)(H,44,64)(H,45,65)(H,46,67)(H,47,66)(H,57,58)(H,59,60)(H,61,62);/b22-13+,23-14+,24-15+;. The van der Waals surface area contributed by atoms with Crippen molar-refractivity contribution in [3.63, 3.8) is 0 Å². The Bertz CT molecular complexity index is 2050. The van der Waals surface area contributed by atoms with Gasteiger partial charge in [0.25, 0.3) is 17.7 Å². The third-order valence-corrected chi connectivity index (χ3v) is 9.72. The van der Waals surface area contributed by atoms with Gasteiger partial charge in [-0.3, -0.25) is 73.2 Å². The van der Waals surface area contributed by atoms with E-state index in [4.69, 9.17) is 15.3 Å². The van der Waals surface area contributed by atoms with Crippen LogP contribution in [-0.4, -0.2) is 197 Å². The number of carbonyl (C=O) groups is 12. The molecule has 1 saturated heterocycles. The first kappa shape index (κ1) is 64.2. The first-order chi connectivity index (χ1) is 32.8. The normalized spacial score (nSPS) is 19.9. The van der Waals surface area contributed by atoms with Crippen molar-refractivity contribution in [1.29, 1.82) is 0 Å². The number of carboxylic acid groups (broad SMARTS) is 3. The van der Waals surface area contributed by atoms with Crippen LogP contribution in [0, 0.1) is 0 Å². The van der Waals surface area contributed by atoms with Gasteiger partial charge in [-0.05, 0) is 59.3 Å². The van der Waals surface area contributed by atoms with Crippen molar-refractivity contribution in [2.75, 3.05) is 39.4 Å². The molecular formula is C41H61FeN9O20. The number of aliphatic hydroxyl groups excluding tert-OH is 2. The molecule has 0 saturated carbocycles. The second-order valence-electron chi connectivity index (χ2n) is 15.9. The van der Waals surface area contributed by atoms with E-state index in [0.29, 0.717) is 0 Å². The first-order valence-electron chi connectivity index (χ1n) is 21.5. The first-order valence-corrected chi connectivity index (χ1v) is 21.5. The zero-order chi connectivity index (χ0) is 53.2. The van der Waals surface area contributed by atoms with Gasteiger partial charge < -0.3 is 57.4 Å². The summed E-state index contributed by atoms with van der Waals surface area (Å²) in [5.74, 6) is -13.8. The summed E-state index contributed by atoms with van der Waals surface area (Å²) in [7, 11) is 0. The van der Waals surface area contributed by atoms with Gasteiger partial charge in [-0.15, -0.1) is 0 Å². The molecule has 0 radical (unpaired) electrons. The molecular weight excluding hydrogens is 994 g/mol. The van der Waals surface area contributed by atoms with Crippen LogP contribution >= 0.6 is 0 Å². The van der Waals surface area contributed by atoms with Crippen LogP contribution in [0.1, 0.15) is 78.6 Å². The Morgan fingerprint density at radius 3 is 1.04 bits per heavy atom. The molecule has 0 aromatic carbocycles. The molecule has 1 rings (SSSR count). The molecule has 0 aromatic heterocycles. The van der Waals surface area contributed by atoms with Crippen molar-refractivity contribution in [3.8, 4) is 0 Å². The van der Waals surface area contributed by atoms with E-state index in [9.17, 15) is 83.4 Å². The second-order valence-corrected chi connectivity index (χ2v) is 15.9. The molecule has 9 amide bonds. The fraction of sp³-hybridized carbons (Fsp3) is 0.561. The third-order valence-electron chi connectivity index (χ3n) is 9.72. The van der Waals surface area contributed by atoms with Crippen LogP contribution in [0.25, 0.3) is 0 Å². The molecule has 0 aromatic rings. The van der Waals surface area contributed by atoms with Gasteiger partial charge in [-0.1, -0.05) is 16.7 Å². The molecule has 30 heteroatoms. The molecule has 398 valence electrons. The summed E-state index contributed by atoms with van der Waals surface area (Å²) in [4.78, 5) is 152. The van der Waals surface area contributed by atoms with E-state index in [-0.39, 0.29) is 68.2 Å². The SMILES string of the molecule is C/C(=C\C(=O)N(O)CCCC1NC(=O)CNC(=O)C(CO)NC(=O)C(CO)NC(=O)C(CCCN(O)C(=O)/C=C(\C)CC(=O)O)NC(=O)C(CCCN(O)C(=O)/C=C(\C)CC(=O)O)NC1=O)CC(=O)O.[Fe]. The number of hydroxylamine groups is 6. The molecule has 1 fully saturated rings. The number of aliphatic carboxylic acids is 3. The van der Waals surface area contributed by atoms with Crippen LogP contribution in [-0.2, 0) is 74.6 Å². The molecule has 0 spiro atoms. The Labute approximate surface area is 416 Å². The van der Waals surface area contributed by atoms with Crippen molar-refractivity contribution in [2.45, 2.75) is 109 Å². The van der Waals surface area contributed by atoms with Crippen LogP contribution in [0.5, 0.6) is 0 Å². The maximum absolute atomic E-state index is 14.1. The van der Waals surface area contributed by atoms with Crippen LogP contribution in [0.4, 0.5) is 0 Å². The summed E-state index contributed by atoms with van der Waals surface area (Å²) in [5, 5.41) is 91.9.